The molecule has 0 aliphatic heterocycles. The Hall–Kier alpha value is -1.09. The van der Waals surface area contributed by atoms with Crippen LogP contribution in [0.5, 0.6) is 0 Å². The molecule has 3 heteroatoms. The Balaban J connectivity index is 2.00. The molecule has 1 aliphatic rings. The molecule has 2 rings (SSSR count). The maximum absolute atomic E-state index is 6.07. The van der Waals surface area contributed by atoms with E-state index in [1.165, 1.54) is 31.2 Å². The minimum absolute atomic E-state index is 0.380. The number of hydrogen-bond acceptors (Lipinski definition) is 3. The van der Waals surface area contributed by atoms with Crippen molar-refractivity contribution in [3.05, 3.63) is 24.0 Å². The number of anilines is 1. The molecule has 16 heavy (non-hydrogen) atoms. The lowest BCUT2D eigenvalue weighted by atomic mass is 9.91. The minimum atomic E-state index is 0.380. The quantitative estimate of drug-likeness (QED) is 0.749. The molecule has 2 atom stereocenters. The van der Waals surface area contributed by atoms with Crippen LogP contribution >= 0.6 is 0 Å². The van der Waals surface area contributed by atoms with Crippen molar-refractivity contribution in [1.82, 2.24) is 4.98 Å². The molecule has 0 amide bonds. The van der Waals surface area contributed by atoms with Crippen LogP contribution in [0.25, 0.3) is 0 Å². The molecule has 0 saturated heterocycles. The number of nitrogens with zero attached hydrogens (tertiary/aromatic N) is 1. The van der Waals surface area contributed by atoms with Gasteiger partial charge in [-0.15, -0.1) is 0 Å². The predicted octanol–water partition coefficient (Wildman–Crippen LogP) is 2.11. The number of pyridine rings is 1. The van der Waals surface area contributed by atoms with Crippen LogP contribution in [0, 0.1) is 5.92 Å². The van der Waals surface area contributed by atoms with Crippen molar-refractivity contribution in [2.75, 3.05) is 5.73 Å². The first-order chi connectivity index (χ1) is 7.75. The van der Waals surface area contributed by atoms with E-state index in [2.05, 4.69) is 4.98 Å². The van der Waals surface area contributed by atoms with Gasteiger partial charge in [-0.1, -0.05) is 19.3 Å². The molecule has 3 nitrogen and oxygen atoms in total. The summed E-state index contributed by atoms with van der Waals surface area (Å²) in [6, 6.07) is 2.26. The van der Waals surface area contributed by atoms with E-state index in [1.54, 1.807) is 6.20 Å². The van der Waals surface area contributed by atoms with E-state index < -0.39 is 0 Å². The smallest absolute Gasteiger partial charge is 0.0377 e. The van der Waals surface area contributed by atoms with Crippen LogP contribution < -0.4 is 11.5 Å². The molecule has 0 bridgehead atoms. The van der Waals surface area contributed by atoms with Crippen LogP contribution in [0.15, 0.2) is 18.5 Å². The summed E-state index contributed by atoms with van der Waals surface area (Å²) in [5.41, 5.74) is 14.1. The van der Waals surface area contributed by atoms with Crippen LogP contribution in [0.3, 0.4) is 0 Å². The van der Waals surface area contributed by atoms with Crippen molar-refractivity contribution < 1.29 is 0 Å². The van der Waals surface area contributed by atoms with Gasteiger partial charge in [0.2, 0.25) is 0 Å². The predicted molar refractivity (Wildman–Crippen MR) is 66.9 cm³/mol. The molecule has 2 unspecified atom stereocenters. The van der Waals surface area contributed by atoms with Crippen LogP contribution in [-0.4, -0.2) is 11.0 Å². The van der Waals surface area contributed by atoms with Gasteiger partial charge in [0.05, 0.1) is 0 Å². The molecule has 1 saturated carbocycles. The van der Waals surface area contributed by atoms with E-state index in [1.807, 2.05) is 12.3 Å². The zero-order chi connectivity index (χ0) is 11.4. The molecule has 0 aromatic carbocycles. The van der Waals surface area contributed by atoms with Gasteiger partial charge in [0.15, 0.2) is 0 Å². The molecule has 1 aliphatic carbocycles. The number of hydrogen-bond donors (Lipinski definition) is 2. The highest BCUT2D eigenvalue weighted by Gasteiger charge is 2.18. The SMILES string of the molecule is Nc1ccncc1CC1CCCCC(N)C1. The van der Waals surface area contributed by atoms with Crippen molar-refractivity contribution in [3.8, 4) is 0 Å². The Morgan fingerprint density at radius 1 is 1.31 bits per heavy atom. The normalized spacial score (nSPS) is 26.3. The van der Waals surface area contributed by atoms with Crippen LogP contribution in [0.2, 0.25) is 0 Å². The number of nitrogens with two attached hydrogens (primary N) is 2. The lowest BCUT2D eigenvalue weighted by molar-refractivity contribution is 0.431. The summed E-state index contributed by atoms with van der Waals surface area (Å²) >= 11 is 0. The van der Waals surface area contributed by atoms with E-state index in [0.717, 1.165) is 18.5 Å². The average Bonchev–Trinajstić information content (AvgIpc) is 2.46. The highest BCUT2D eigenvalue weighted by atomic mass is 14.7. The van der Waals surface area contributed by atoms with Crippen molar-refractivity contribution in [1.29, 1.82) is 0 Å². The Morgan fingerprint density at radius 3 is 2.94 bits per heavy atom. The fourth-order valence-corrected chi connectivity index (χ4v) is 2.61. The monoisotopic (exact) mass is 219 g/mol. The molecular weight excluding hydrogens is 198 g/mol. The largest absolute Gasteiger partial charge is 0.398 e. The third-order valence-corrected chi connectivity index (χ3v) is 3.52. The van der Waals surface area contributed by atoms with Gasteiger partial charge >= 0.3 is 0 Å². The standard InChI is InChI=1S/C13H21N3/c14-12-4-2-1-3-10(8-12)7-11-9-16-6-5-13(11)15/h5-6,9-10,12H,1-4,7-8,14H2,(H2,15,16). The van der Waals surface area contributed by atoms with Gasteiger partial charge in [0, 0.05) is 24.1 Å². The molecular formula is C13H21N3. The number of nitrogen functional groups attached to an aromatic ring is 1. The van der Waals surface area contributed by atoms with Crippen LogP contribution in [0.1, 0.15) is 37.7 Å². The summed E-state index contributed by atoms with van der Waals surface area (Å²) in [6.45, 7) is 0. The fourth-order valence-electron chi connectivity index (χ4n) is 2.61. The Bertz CT molecular complexity index is 338. The van der Waals surface area contributed by atoms with Crippen molar-refractivity contribution in [2.24, 2.45) is 11.7 Å². The molecule has 1 aromatic rings. The second-order valence-electron chi connectivity index (χ2n) is 4.92. The van der Waals surface area contributed by atoms with Gasteiger partial charge in [-0.05, 0) is 36.8 Å². The molecule has 4 N–H and O–H groups in total. The van der Waals surface area contributed by atoms with Gasteiger partial charge in [0.25, 0.3) is 0 Å². The average molecular weight is 219 g/mol. The Labute approximate surface area is 97.2 Å². The summed E-state index contributed by atoms with van der Waals surface area (Å²) in [5.74, 6) is 0.684. The zero-order valence-corrected chi connectivity index (χ0v) is 9.73. The van der Waals surface area contributed by atoms with E-state index >= 15 is 0 Å². The van der Waals surface area contributed by atoms with Crippen molar-refractivity contribution in [2.45, 2.75) is 44.6 Å². The molecule has 1 heterocycles. The van der Waals surface area contributed by atoms with Gasteiger partial charge in [-0.2, -0.15) is 0 Å². The van der Waals surface area contributed by atoms with Crippen molar-refractivity contribution in [3.63, 3.8) is 0 Å². The maximum atomic E-state index is 6.07. The van der Waals surface area contributed by atoms with Gasteiger partial charge in [-0.3, -0.25) is 4.98 Å². The summed E-state index contributed by atoms with van der Waals surface area (Å²) in [6.07, 6.45) is 10.9. The Kier molecular flexibility index (Phi) is 3.78. The summed E-state index contributed by atoms with van der Waals surface area (Å²) in [4.78, 5) is 4.14. The van der Waals surface area contributed by atoms with Crippen LogP contribution in [0.4, 0.5) is 5.69 Å². The molecule has 1 aromatic heterocycles. The first kappa shape index (κ1) is 11.4. The van der Waals surface area contributed by atoms with Gasteiger partial charge < -0.3 is 11.5 Å². The maximum Gasteiger partial charge on any atom is 0.0377 e. The summed E-state index contributed by atoms with van der Waals surface area (Å²) in [7, 11) is 0. The molecule has 88 valence electrons. The molecule has 0 radical (unpaired) electrons. The summed E-state index contributed by atoms with van der Waals surface area (Å²) in [5, 5.41) is 0. The minimum Gasteiger partial charge on any atom is -0.398 e. The number of rotatable bonds is 2. The second kappa shape index (κ2) is 5.30. The van der Waals surface area contributed by atoms with E-state index in [-0.39, 0.29) is 0 Å². The highest BCUT2D eigenvalue weighted by molar-refractivity contribution is 5.44. The zero-order valence-electron chi connectivity index (χ0n) is 9.73. The van der Waals surface area contributed by atoms with Crippen LogP contribution in [-0.2, 0) is 6.42 Å². The second-order valence-corrected chi connectivity index (χ2v) is 4.92. The third-order valence-electron chi connectivity index (χ3n) is 3.52. The topological polar surface area (TPSA) is 64.9 Å². The highest BCUT2D eigenvalue weighted by Crippen LogP contribution is 2.26. The summed E-state index contributed by atoms with van der Waals surface area (Å²) < 4.78 is 0. The number of aromatic nitrogens is 1. The van der Waals surface area contributed by atoms with E-state index in [4.69, 9.17) is 11.5 Å². The first-order valence-corrected chi connectivity index (χ1v) is 6.19. The van der Waals surface area contributed by atoms with Gasteiger partial charge in [0.1, 0.15) is 0 Å². The third kappa shape index (κ3) is 2.95. The lowest BCUT2D eigenvalue weighted by Crippen LogP contribution is -2.22. The lowest BCUT2D eigenvalue weighted by Gasteiger charge is -2.17. The van der Waals surface area contributed by atoms with E-state index in [0.29, 0.717) is 12.0 Å². The van der Waals surface area contributed by atoms with Gasteiger partial charge in [-0.25, -0.2) is 0 Å². The van der Waals surface area contributed by atoms with Crippen molar-refractivity contribution >= 4 is 5.69 Å². The molecule has 0 spiro atoms. The van der Waals surface area contributed by atoms with E-state index in [9.17, 15) is 0 Å². The fraction of sp³-hybridized carbons (Fsp3) is 0.615. The molecule has 1 fully saturated rings. The first-order valence-electron chi connectivity index (χ1n) is 6.19. The Morgan fingerprint density at radius 2 is 2.12 bits per heavy atom.